The third kappa shape index (κ3) is 2.56. The third-order valence-electron chi connectivity index (χ3n) is 5.69. The Kier molecular flexibility index (Phi) is 3.65. The lowest BCUT2D eigenvalue weighted by molar-refractivity contribution is -0.172. The highest BCUT2D eigenvalue weighted by Crippen LogP contribution is 2.38. The molecule has 1 aromatic heterocycles. The molecule has 2 fully saturated rings. The molecule has 0 bridgehead atoms. The smallest absolute Gasteiger partial charge is 0.257 e. The lowest BCUT2D eigenvalue weighted by Gasteiger charge is -2.57. The van der Waals surface area contributed by atoms with Crippen LogP contribution in [0.1, 0.15) is 27.9 Å². The maximum absolute atomic E-state index is 12.6. The van der Waals surface area contributed by atoms with Gasteiger partial charge in [0.25, 0.3) is 5.91 Å². The van der Waals surface area contributed by atoms with E-state index in [-0.39, 0.29) is 17.5 Å². The van der Waals surface area contributed by atoms with Gasteiger partial charge in [0.05, 0.1) is 24.3 Å². The Balaban J connectivity index is 1.24. The highest BCUT2D eigenvalue weighted by Gasteiger charge is 2.53. The lowest BCUT2D eigenvalue weighted by Crippen LogP contribution is -2.72. The van der Waals surface area contributed by atoms with E-state index in [1.165, 1.54) is 11.1 Å². The van der Waals surface area contributed by atoms with Crippen LogP contribution in [-0.4, -0.2) is 52.1 Å². The number of halogens is 1. The number of anilines is 1. The van der Waals surface area contributed by atoms with Crippen LogP contribution in [0.2, 0.25) is 5.02 Å². The van der Waals surface area contributed by atoms with Crippen molar-refractivity contribution in [3.63, 3.8) is 0 Å². The number of likely N-dealkylation sites (tertiary alicyclic amines) is 1. The summed E-state index contributed by atoms with van der Waals surface area (Å²) in [5.74, 6) is 0.546. The molecule has 5 rings (SSSR count). The van der Waals surface area contributed by atoms with Crippen molar-refractivity contribution >= 4 is 23.5 Å². The van der Waals surface area contributed by atoms with Crippen molar-refractivity contribution in [2.24, 2.45) is 0 Å². The second-order valence-corrected chi connectivity index (χ2v) is 7.82. The van der Waals surface area contributed by atoms with E-state index in [2.05, 4.69) is 21.4 Å². The van der Waals surface area contributed by atoms with Gasteiger partial charge in [-0.3, -0.25) is 4.79 Å². The third-order valence-corrected chi connectivity index (χ3v) is 5.93. The Morgan fingerprint density at radius 1 is 1.23 bits per heavy atom. The molecule has 0 radical (unpaired) electrons. The van der Waals surface area contributed by atoms with Crippen LogP contribution >= 0.6 is 11.6 Å². The van der Waals surface area contributed by atoms with E-state index in [1.807, 2.05) is 17.0 Å². The molecule has 1 aromatic carbocycles. The van der Waals surface area contributed by atoms with Crippen LogP contribution in [0.3, 0.4) is 0 Å². The first-order valence-electron chi connectivity index (χ1n) is 8.89. The molecule has 1 amide bonds. The minimum atomic E-state index is -0.0646. The number of aromatic nitrogens is 2. The summed E-state index contributed by atoms with van der Waals surface area (Å²) in [5, 5.41) is 4.13. The molecular weight excluding hydrogens is 352 g/mol. The average molecular weight is 371 g/mol. The molecular formula is C19H19ClN4O2. The second-order valence-electron chi connectivity index (χ2n) is 7.38. The number of benzene rings is 1. The maximum Gasteiger partial charge on any atom is 0.257 e. The molecule has 7 heteroatoms. The Hall–Kier alpha value is -2.18. The van der Waals surface area contributed by atoms with Gasteiger partial charge in [-0.1, -0.05) is 17.7 Å². The number of nitrogens with zero attached hydrogens (tertiary/aromatic N) is 3. The van der Waals surface area contributed by atoms with Crippen molar-refractivity contribution in [2.45, 2.75) is 30.8 Å². The summed E-state index contributed by atoms with van der Waals surface area (Å²) in [6.45, 7) is 2.07. The summed E-state index contributed by atoms with van der Waals surface area (Å²) < 4.78 is 5.28. The monoisotopic (exact) mass is 370 g/mol. The van der Waals surface area contributed by atoms with Crippen molar-refractivity contribution in [3.8, 4) is 0 Å². The maximum atomic E-state index is 12.6. The number of hydrogen-bond acceptors (Lipinski definition) is 5. The van der Waals surface area contributed by atoms with Crippen LogP contribution in [0.25, 0.3) is 0 Å². The van der Waals surface area contributed by atoms with E-state index in [1.54, 1.807) is 12.4 Å². The van der Waals surface area contributed by atoms with Gasteiger partial charge in [0.1, 0.15) is 0 Å². The van der Waals surface area contributed by atoms with Crippen molar-refractivity contribution in [2.75, 3.05) is 25.1 Å². The Morgan fingerprint density at radius 3 is 2.65 bits per heavy atom. The molecule has 0 unspecified atom stereocenters. The molecule has 26 heavy (non-hydrogen) atoms. The largest absolute Gasteiger partial charge is 0.376 e. The van der Waals surface area contributed by atoms with Gasteiger partial charge in [0, 0.05) is 30.0 Å². The van der Waals surface area contributed by atoms with Gasteiger partial charge in [-0.15, -0.1) is 0 Å². The van der Waals surface area contributed by atoms with Crippen LogP contribution < -0.4 is 5.32 Å². The van der Waals surface area contributed by atoms with Crippen LogP contribution in [0.4, 0.5) is 5.95 Å². The Labute approximate surface area is 156 Å². The topological polar surface area (TPSA) is 67.4 Å². The van der Waals surface area contributed by atoms with Crippen molar-refractivity contribution in [1.82, 2.24) is 14.9 Å². The number of ether oxygens (including phenoxy) is 1. The molecule has 1 N–H and O–H groups in total. The van der Waals surface area contributed by atoms with Gasteiger partial charge < -0.3 is 15.0 Å². The molecule has 0 saturated carbocycles. The first kappa shape index (κ1) is 16.0. The standard InChI is InChI=1S/C19H19ClN4O2/c20-15-2-1-12-6-16(7-13(12)5-15)23-18-21-8-14(9-22-18)17(25)24-4-3-19(24)10-26-11-19/h1-2,5,8-9,16H,3-4,6-7,10-11H2,(H,21,22,23)/t16-/m1/s1. The minimum Gasteiger partial charge on any atom is -0.376 e. The Morgan fingerprint density at radius 2 is 2.00 bits per heavy atom. The quantitative estimate of drug-likeness (QED) is 0.898. The number of fused-ring (bicyclic) bond motifs is 1. The summed E-state index contributed by atoms with van der Waals surface area (Å²) in [4.78, 5) is 23.2. The highest BCUT2D eigenvalue weighted by atomic mass is 35.5. The predicted octanol–water partition coefficient (Wildman–Crippen LogP) is 2.32. The second kappa shape index (κ2) is 5.93. The summed E-state index contributed by atoms with van der Waals surface area (Å²) >= 11 is 6.07. The molecule has 3 aliphatic rings. The van der Waals surface area contributed by atoms with E-state index in [0.29, 0.717) is 24.7 Å². The first-order valence-corrected chi connectivity index (χ1v) is 9.26. The van der Waals surface area contributed by atoms with E-state index in [4.69, 9.17) is 16.3 Å². The highest BCUT2D eigenvalue weighted by molar-refractivity contribution is 6.30. The van der Waals surface area contributed by atoms with E-state index >= 15 is 0 Å². The van der Waals surface area contributed by atoms with Crippen LogP contribution in [0.5, 0.6) is 0 Å². The molecule has 134 valence electrons. The zero-order valence-electron chi connectivity index (χ0n) is 14.2. The van der Waals surface area contributed by atoms with E-state index in [9.17, 15) is 4.79 Å². The van der Waals surface area contributed by atoms with Gasteiger partial charge in [-0.2, -0.15) is 0 Å². The molecule has 2 aliphatic heterocycles. The fraction of sp³-hybridized carbons (Fsp3) is 0.421. The van der Waals surface area contributed by atoms with Crippen molar-refractivity contribution in [3.05, 3.63) is 52.3 Å². The number of rotatable bonds is 3. The van der Waals surface area contributed by atoms with Gasteiger partial charge in [-0.05, 0) is 42.5 Å². The number of amides is 1. The van der Waals surface area contributed by atoms with Crippen LogP contribution in [0.15, 0.2) is 30.6 Å². The predicted molar refractivity (Wildman–Crippen MR) is 97.5 cm³/mol. The summed E-state index contributed by atoms with van der Waals surface area (Å²) in [6, 6.07) is 6.27. The molecule has 6 nitrogen and oxygen atoms in total. The number of nitrogens with one attached hydrogen (secondary N) is 1. The van der Waals surface area contributed by atoms with E-state index < -0.39 is 0 Å². The molecule has 2 aromatic rings. The SMILES string of the molecule is O=C(c1cnc(N[C@@H]2Cc3ccc(Cl)cc3C2)nc1)N1CCC12COC2. The van der Waals surface area contributed by atoms with E-state index in [0.717, 1.165) is 30.8 Å². The fourth-order valence-electron chi connectivity index (χ4n) is 4.03. The van der Waals surface area contributed by atoms with Gasteiger partial charge >= 0.3 is 0 Å². The minimum absolute atomic E-state index is 0.00554. The molecule has 3 heterocycles. The summed E-state index contributed by atoms with van der Waals surface area (Å²) in [7, 11) is 0. The molecule has 1 atom stereocenters. The zero-order valence-corrected chi connectivity index (χ0v) is 15.0. The lowest BCUT2D eigenvalue weighted by atomic mass is 9.82. The van der Waals surface area contributed by atoms with Gasteiger partial charge in [0.2, 0.25) is 5.95 Å². The molecule has 2 saturated heterocycles. The van der Waals surface area contributed by atoms with Crippen LogP contribution in [-0.2, 0) is 17.6 Å². The summed E-state index contributed by atoms with van der Waals surface area (Å²) in [6.07, 6.45) is 6.07. The molecule has 1 spiro atoms. The average Bonchev–Trinajstić information content (AvgIpc) is 2.94. The number of hydrogen-bond donors (Lipinski definition) is 1. The Bertz CT molecular complexity index is 861. The van der Waals surface area contributed by atoms with Gasteiger partial charge in [-0.25, -0.2) is 9.97 Å². The number of carbonyl (C=O) groups is 1. The van der Waals surface area contributed by atoms with Crippen molar-refractivity contribution < 1.29 is 9.53 Å². The molecule has 1 aliphatic carbocycles. The normalized spacial score (nSPS) is 22.5. The van der Waals surface area contributed by atoms with Crippen LogP contribution in [0, 0.1) is 0 Å². The zero-order chi connectivity index (χ0) is 17.7. The first-order chi connectivity index (χ1) is 12.6. The van der Waals surface area contributed by atoms with Gasteiger partial charge in [0.15, 0.2) is 0 Å². The summed E-state index contributed by atoms with van der Waals surface area (Å²) in [5.41, 5.74) is 3.05. The fourth-order valence-corrected chi connectivity index (χ4v) is 4.23. The van der Waals surface area contributed by atoms with Crippen molar-refractivity contribution in [1.29, 1.82) is 0 Å². The number of carbonyl (C=O) groups excluding carboxylic acids is 1.